The van der Waals surface area contributed by atoms with Crippen molar-refractivity contribution in [3.63, 3.8) is 0 Å². The molecular formula is C27H24O6. The number of methoxy groups -OCH3 is 1. The molecule has 1 aliphatic heterocycles. The highest BCUT2D eigenvalue weighted by Gasteiger charge is 2.30. The Kier molecular flexibility index (Phi) is 6.45. The van der Waals surface area contributed by atoms with Crippen molar-refractivity contribution in [3.8, 4) is 23.0 Å². The lowest BCUT2D eigenvalue weighted by Gasteiger charge is -2.10. The molecule has 33 heavy (non-hydrogen) atoms. The van der Waals surface area contributed by atoms with Crippen LogP contribution >= 0.6 is 0 Å². The number of allylic oxidation sites excluding steroid dienone is 1. The fourth-order valence-corrected chi connectivity index (χ4v) is 3.58. The highest BCUT2D eigenvalue weighted by molar-refractivity contribution is 6.15. The lowest BCUT2D eigenvalue weighted by atomic mass is 10.1. The van der Waals surface area contributed by atoms with Crippen LogP contribution in [0.25, 0.3) is 6.08 Å². The van der Waals surface area contributed by atoms with Gasteiger partial charge in [-0.15, -0.1) is 0 Å². The number of carbonyl (C=O) groups excluding carboxylic acids is 2. The molecule has 3 aromatic carbocycles. The average Bonchev–Trinajstić information content (AvgIpc) is 3.13. The molecule has 0 bridgehead atoms. The number of Topliss-reactive ketones (excluding diaryl/α,β-unsaturated/α-hetero) is 1. The van der Waals surface area contributed by atoms with E-state index >= 15 is 0 Å². The van der Waals surface area contributed by atoms with Crippen LogP contribution < -0.4 is 18.9 Å². The average molecular weight is 444 g/mol. The van der Waals surface area contributed by atoms with Crippen LogP contribution in [0.2, 0.25) is 0 Å². The number of hydrogen-bond acceptors (Lipinski definition) is 6. The van der Waals surface area contributed by atoms with Gasteiger partial charge in [-0.05, 0) is 55.8 Å². The second-order valence-electron chi connectivity index (χ2n) is 7.47. The van der Waals surface area contributed by atoms with Crippen molar-refractivity contribution in [2.45, 2.75) is 20.3 Å². The third-order valence-electron chi connectivity index (χ3n) is 5.27. The van der Waals surface area contributed by atoms with Crippen LogP contribution in [0.4, 0.5) is 0 Å². The Labute approximate surface area is 192 Å². The first-order valence-corrected chi connectivity index (χ1v) is 10.6. The molecule has 4 rings (SSSR count). The molecule has 1 heterocycles. The molecule has 6 heteroatoms. The van der Waals surface area contributed by atoms with Gasteiger partial charge >= 0.3 is 5.97 Å². The van der Waals surface area contributed by atoms with E-state index in [-0.39, 0.29) is 18.0 Å². The van der Waals surface area contributed by atoms with Crippen molar-refractivity contribution in [2.75, 3.05) is 13.7 Å². The number of hydrogen-bond donors (Lipinski definition) is 0. The van der Waals surface area contributed by atoms with Gasteiger partial charge in [0.2, 0.25) is 5.78 Å². The molecule has 0 atom stereocenters. The Hall–Kier alpha value is -4.06. The van der Waals surface area contributed by atoms with E-state index < -0.39 is 5.97 Å². The molecule has 0 N–H and O–H groups in total. The number of rotatable bonds is 7. The summed E-state index contributed by atoms with van der Waals surface area (Å²) in [4.78, 5) is 25.4. The topological polar surface area (TPSA) is 71.1 Å². The predicted octanol–water partition coefficient (Wildman–Crippen LogP) is 5.17. The van der Waals surface area contributed by atoms with Gasteiger partial charge in [-0.2, -0.15) is 0 Å². The first-order chi connectivity index (χ1) is 16.0. The minimum atomic E-state index is -0.408. The van der Waals surface area contributed by atoms with E-state index in [1.165, 1.54) is 0 Å². The predicted molar refractivity (Wildman–Crippen MR) is 124 cm³/mol. The Morgan fingerprint density at radius 1 is 1.00 bits per heavy atom. The van der Waals surface area contributed by atoms with Gasteiger partial charge < -0.3 is 18.9 Å². The van der Waals surface area contributed by atoms with Gasteiger partial charge in [0, 0.05) is 11.1 Å². The van der Waals surface area contributed by atoms with E-state index in [0.717, 1.165) is 16.9 Å². The van der Waals surface area contributed by atoms with Gasteiger partial charge in [-0.1, -0.05) is 30.3 Å². The second kappa shape index (κ2) is 9.61. The van der Waals surface area contributed by atoms with E-state index in [1.807, 2.05) is 43.3 Å². The summed E-state index contributed by atoms with van der Waals surface area (Å²) in [7, 11) is 1.59. The Morgan fingerprint density at radius 3 is 2.48 bits per heavy atom. The summed E-state index contributed by atoms with van der Waals surface area (Å²) < 4.78 is 22.2. The van der Waals surface area contributed by atoms with Crippen LogP contribution in [0.5, 0.6) is 23.0 Å². The van der Waals surface area contributed by atoms with Gasteiger partial charge in [-0.25, -0.2) is 0 Å². The van der Waals surface area contributed by atoms with Gasteiger partial charge in [0.25, 0.3) is 0 Å². The van der Waals surface area contributed by atoms with E-state index in [2.05, 4.69) is 0 Å². The zero-order valence-electron chi connectivity index (χ0n) is 18.7. The summed E-state index contributed by atoms with van der Waals surface area (Å²) in [6.45, 7) is 4.18. The SMILES string of the molecule is CCOc1ccccc1/C=C1\Oc2c(ccc(OC(=O)Cc3ccc(OC)cc3)c2C)C1=O. The molecule has 0 fully saturated rings. The largest absolute Gasteiger partial charge is 0.497 e. The number of fused-ring (bicyclic) bond motifs is 1. The molecule has 0 unspecified atom stereocenters. The molecular weight excluding hydrogens is 420 g/mol. The number of para-hydroxylation sites is 1. The number of benzene rings is 3. The van der Waals surface area contributed by atoms with Crippen LogP contribution in [-0.4, -0.2) is 25.5 Å². The minimum absolute atomic E-state index is 0.111. The van der Waals surface area contributed by atoms with Crippen molar-refractivity contribution in [2.24, 2.45) is 0 Å². The van der Waals surface area contributed by atoms with Crippen LogP contribution in [0, 0.1) is 6.92 Å². The smallest absolute Gasteiger partial charge is 0.315 e. The Balaban J connectivity index is 1.53. The number of ether oxygens (including phenoxy) is 4. The van der Waals surface area contributed by atoms with Gasteiger partial charge in [0.1, 0.15) is 23.0 Å². The Bertz CT molecular complexity index is 1220. The molecule has 0 saturated carbocycles. The van der Waals surface area contributed by atoms with Gasteiger partial charge in [0.05, 0.1) is 25.7 Å². The quantitative estimate of drug-likeness (QED) is 0.285. The fourth-order valence-electron chi connectivity index (χ4n) is 3.58. The number of carbonyl (C=O) groups is 2. The third kappa shape index (κ3) is 4.75. The van der Waals surface area contributed by atoms with Crippen LogP contribution in [0.3, 0.4) is 0 Å². The van der Waals surface area contributed by atoms with Gasteiger partial charge in [0.15, 0.2) is 5.76 Å². The molecule has 1 aliphatic rings. The summed E-state index contributed by atoms with van der Waals surface area (Å²) in [5.41, 5.74) is 2.58. The lowest BCUT2D eigenvalue weighted by Crippen LogP contribution is -2.12. The molecule has 0 aliphatic carbocycles. The maximum atomic E-state index is 12.9. The molecule has 0 amide bonds. The third-order valence-corrected chi connectivity index (χ3v) is 5.27. The minimum Gasteiger partial charge on any atom is -0.497 e. The Morgan fingerprint density at radius 2 is 1.76 bits per heavy atom. The summed E-state index contributed by atoms with van der Waals surface area (Å²) >= 11 is 0. The first-order valence-electron chi connectivity index (χ1n) is 10.6. The van der Waals surface area contributed by atoms with E-state index in [9.17, 15) is 9.59 Å². The van der Waals surface area contributed by atoms with E-state index in [1.54, 1.807) is 44.4 Å². The van der Waals surface area contributed by atoms with Gasteiger partial charge in [-0.3, -0.25) is 9.59 Å². The van der Waals surface area contributed by atoms with Crippen molar-refractivity contribution in [1.29, 1.82) is 0 Å². The molecule has 3 aromatic rings. The zero-order valence-corrected chi connectivity index (χ0v) is 18.7. The summed E-state index contributed by atoms with van der Waals surface area (Å²) in [5, 5.41) is 0. The van der Waals surface area contributed by atoms with Crippen LogP contribution in [0.1, 0.15) is 34.0 Å². The van der Waals surface area contributed by atoms with E-state index in [0.29, 0.717) is 35.0 Å². The fraction of sp³-hybridized carbons (Fsp3) is 0.185. The highest BCUT2D eigenvalue weighted by atomic mass is 16.5. The molecule has 0 saturated heterocycles. The standard InChI is InChI=1S/C27H24O6/c1-4-31-23-8-6-5-7-19(23)16-24-26(29)21-13-14-22(17(2)27(21)33-24)32-25(28)15-18-9-11-20(30-3)12-10-18/h5-14,16H,4,15H2,1-3H3/b24-16-. The van der Waals surface area contributed by atoms with Crippen molar-refractivity contribution in [3.05, 3.63) is 88.7 Å². The maximum Gasteiger partial charge on any atom is 0.315 e. The van der Waals surface area contributed by atoms with E-state index in [4.69, 9.17) is 18.9 Å². The van der Waals surface area contributed by atoms with Crippen molar-refractivity contribution >= 4 is 17.8 Å². The zero-order chi connectivity index (χ0) is 23.4. The van der Waals surface area contributed by atoms with Crippen molar-refractivity contribution < 1.29 is 28.5 Å². The van der Waals surface area contributed by atoms with Crippen LogP contribution in [-0.2, 0) is 11.2 Å². The summed E-state index contributed by atoms with van der Waals surface area (Å²) in [6, 6.07) is 17.9. The number of esters is 1. The highest BCUT2D eigenvalue weighted by Crippen LogP contribution is 2.39. The maximum absolute atomic E-state index is 12.9. The normalized spacial score (nSPS) is 13.4. The summed E-state index contributed by atoms with van der Waals surface area (Å²) in [6.07, 6.45) is 1.78. The summed E-state index contributed by atoms with van der Waals surface area (Å²) in [5.74, 6) is 1.71. The van der Waals surface area contributed by atoms with Crippen LogP contribution in [0.15, 0.2) is 66.4 Å². The first kappa shape index (κ1) is 22.1. The number of ketones is 1. The second-order valence-corrected chi connectivity index (χ2v) is 7.47. The molecule has 0 aromatic heterocycles. The molecule has 0 radical (unpaired) electrons. The monoisotopic (exact) mass is 444 g/mol. The molecule has 6 nitrogen and oxygen atoms in total. The lowest BCUT2D eigenvalue weighted by molar-refractivity contribution is -0.133. The molecule has 0 spiro atoms. The van der Waals surface area contributed by atoms with Crippen molar-refractivity contribution in [1.82, 2.24) is 0 Å². The molecule has 168 valence electrons.